The minimum atomic E-state index is -0.585. The van der Waals surface area contributed by atoms with E-state index in [4.69, 9.17) is 0 Å². The zero-order chi connectivity index (χ0) is 20.6. The van der Waals surface area contributed by atoms with Crippen LogP contribution in [0.4, 0.5) is 10.6 Å². The second-order valence-electron chi connectivity index (χ2n) is 8.31. The van der Waals surface area contributed by atoms with Crippen LogP contribution < -0.4 is 0 Å². The Morgan fingerprint density at radius 3 is 2.55 bits per heavy atom. The highest BCUT2D eigenvalue weighted by molar-refractivity contribution is 5.76. The molecule has 154 valence electrons. The molecule has 4 rings (SSSR count). The van der Waals surface area contributed by atoms with Gasteiger partial charge in [-0.1, -0.05) is 22.9 Å². The number of hydrogen-bond acceptors (Lipinski definition) is 5. The zero-order valence-corrected chi connectivity index (χ0v) is 17.0. The van der Waals surface area contributed by atoms with Gasteiger partial charge < -0.3 is 15.0 Å². The van der Waals surface area contributed by atoms with Gasteiger partial charge in [-0.05, 0) is 67.7 Å². The lowest BCUT2D eigenvalue weighted by molar-refractivity contribution is -0.389. The number of aromatic nitrogens is 2. The van der Waals surface area contributed by atoms with Crippen LogP contribution in [0.2, 0.25) is 0 Å². The second-order valence-corrected chi connectivity index (χ2v) is 8.31. The molecule has 8 nitrogen and oxygen atoms in total. The molecule has 8 heteroatoms. The minimum absolute atomic E-state index is 0.145. The van der Waals surface area contributed by atoms with Crippen molar-refractivity contribution in [2.75, 3.05) is 19.6 Å². The molecule has 3 heterocycles. The standard InChI is InChI=1S/C21H27N5O3/c1-16-4-5-18(14-17(16)2)15-24-10-3-7-21(24)8-12-23(13-9-21)20(27)25-11-6-19(22-25)26(28)29/h4-6,11,14H,3,7-10,12-13,15H2,1-2H3. The molecule has 2 aliphatic heterocycles. The molecule has 2 fully saturated rings. The van der Waals surface area contributed by atoms with Crippen LogP contribution in [0, 0.1) is 24.0 Å². The Balaban J connectivity index is 1.42. The molecule has 1 aromatic heterocycles. The van der Waals surface area contributed by atoms with Crippen LogP contribution in [0.15, 0.2) is 30.5 Å². The van der Waals surface area contributed by atoms with Gasteiger partial charge in [0.25, 0.3) is 0 Å². The monoisotopic (exact) mass is 397 g/mol. The van der Waals surface area contributed by atoms with E-state index in [1.807, 2.05) is 0 Å². The van der Waals surface area contributed by atoms with Crippen LogP contribution in [0.3, 0.4) is 0 Å². The number of amides is 1. The second kappa shape index (κ2) is 7.59. The number of rotatable bonds is 3. The molecule has 2 aliphatic rings. The van der Waals surface area contributed by atoms with Crippen LogP contribution in [-0.4, -0.2) is 55.7 Å². The summed E-state index contributed by atoms with van der Waals surface area (Å²) in [6, 6.07) is 7.66. The maximum absolute atomic E-state index is 12.7. The number of likely N-dealkylation sites (tertiary alicyclic amines) is 2. The fourth-order valence-corrected chi connectivity index (χ4v) is 4.71. The highest BCUT2D eigenvalue weighted by Crippen LogP contribution is 2.39. The SMILES string of the molecule is Cc1ccc(CN2CCCC23CCN(C(=O)n2ccc([N+](=O)[O-])n2)CC3)cc1C. The molecule has 0 atom stereocenters. The number of hydrogen-bond donors (Lipinski definition) is 0. The normalized spacial score (nSPS) is 19.0. The number of carbonyl (C=O) groups is 1. The third kappa shape index (κ3) is 3.76. The molecule has 2 aromatic rings. The van der Waals surface area contributed by atoms with Gasteiger partial charge in [0.2, 0.25) is 0 Å². The Hall–Kier alpha value is -2.74. The molecule has 1 spiro atoms. The van der Waals surface area contributed by atoms with Gasteiger partial charge >= 0.3 is 11.8 Å². The van der Waals surface area contributed by atoms with E-state index in [-0.39, 0.29) is 17.4 Å². The third-order valence-corrected chi connectivity index (χ3v) is 6.61. The summed E-state index contributed by atoms with van der Waals surface area (Å²) in [7, 11) is 0. The summed E-state index contributed by atoms with van der Waals surface area (Å²) in [5, 5.41) is 14.6. The van der Waals surface area contributed by atoms with Crippen molar-refractivity contribution in [3.8, 4) is 0 Å². The summed E-state index contributed by atoms with van der Waals surface area (Å²) in [6.45, 7) is 7.62. The average Bonchev–Trinajstić information content (AvgIpc) is 3.33. The lowest BCUT2D eigenvalue weighted by Gasteiger charge is -2.45. The van der Waals surface area contributed by atoms with Crippen LogP contribution in [-0.2, 0) is 6.54 Å². The Morgan fingerprint density at radius 1 is 1.14 bits per heavy atom. The Labute approximate surface area is 170 Å². The summed E-state index contributed by atoms with van der Waals surface area (Å²) in [6.07, 6.45) is 5.56. The van der Waals surface area contributed by atoms with Crippen molar-refractivity contribution in [1.29, 1.82) is 0 Å². The highest BCUT2D eigenvalue weighted by Gasteiger charge is 2.44. The number of piperidine rings is 1. The van der Waals surface area contributed by atoms with E-state index in [0.29, 0.717) is 13.1 Å². The summed E-state index contributed by atoms with van der Waals surface area (Å²) < 4.78 is 1.08. The van der Waals surface area contributed by atoms with Gasteiger partial charge in [0.1, 0.15) is 0 Å². The van der Waals surface area contributed by atoms with Crippen molar-refractivity contribution in [1.82, 2.24) is 19.6 Å². The summed E-state index contributed by atoms with van der Waals surface area (Å²) in [5.41, 5.74) is 4.13. The molecule has 1 amide bonds. The molecule has 0 aliphatic carbocycles. The predicted molar refractivity (Wildman–Crippen MR) is 109 cm³/mol. The van der Waals surface area contributed by atoms with Crippen molar-refractivity contribution >= 4 is 11.8 Å². The molecule has 1 aromatic carbocycles. The first-order chi connectivity index (χ1) is 13.9. The van der Waals surface area contributed by atoms with E-state index in [0.717, 1.165) is 37.0 Å². The fourth-order valence-electron chi connectivity index (χ4n) is 4.71. The van der Waals surface area contributed by atoms with E-state index in [2.05, 4.69) is 42.0 Å². The number of aryl methyl sites for hydroxylation is 2. The maximum Gasteiger partial charge on any atom is 0.390 e. The van der Waals surface area contributed by atoms with Gasteiger partial charge in [0.05, 0.1) is 17.4 Å². The van der Waals surface area contributed by atoms with E-state index < -0.39 is 4.92 Å². The Bertz CT molecular complexity index is 930. The highest BCUT2D eigenvalue weighted by atomic mass is 16.6. The molecule has 29 heavy (non-hydrogen) atoms. The molecule has 0 unspecified atom stereocenters. The minimum Gasteiger partial charge on any atom is -0.358 e. The summed E-state index contributed by atoms with van der Waals surface area (Å²) >= 11 is 0. The van der Waals surface area contributed by atoms with Gasteiger partial charge in [0.15, 0.2) is 0 Å². The van der Waals surface area contributed by atoms with Gasteiger partial charge in [-0.25, -0.2) is 4.79 Å². The van der Waals surface area contributed by atoms with Gasteiger partial charge in [-0.2, -0.15) is 0 Å². The lowest BCUT2D eigenvalue weighted by atomic mass is 9.84. The van der Waals surface area contributed by atoms with Crippen LogP contribution in [0.1, 0.15) is 42.4 Å². The number of nitro groups is 1. The number of nitrogens with zero attached hydrogens (tertiary/aromatic N) is 5. The first-order valence-electron chi connectivity index (χ1n) is 10.2. The van der Waals surface area contributed by atoms with E-state index in [1.165, 1.54) is 35.4 Å². The maximum atomic E-state index is 12.7. The fraction of sp³-hybridized carbons (Fsp3) is 0.524. The number of carbonyl (C=O) groups excluding carboxylic acids is 1. The average molecular weight is 397 g/mol. The van der Waals surface area contributed by atoms with Crippen molar-refractivity contribution in [3.05, 3.63) is 57.3 Å². The zero-order valence-electron chi connectivity index (χ0n) is 17.0. The molecule has 0 N–H and O–H groups in total. The van der Waals surface area contributed by atoms with Crippen LogP contribution in [0.5, 0.6) is 0 Å². The molecule has 0 radical (unpaired) electrons. The Kier molecular flexibility index (Phi) is 5.12. The lowest BCUT2D eigenvalue weighted by Crippen LogP contribution is -2.53. The predicted octanol–water partition coefficient (Wildman–Crippen LogP) is 3.51. The van der Waals surface area contributed by atoms with Crippen molar-refractivity contribution < 1.29 is 9.72 Å². The molecule has 0 saturated carbocycles. The van der Waals surface area contributed by atoms with Crippen LogP contribution >= 0.6 is 0 Å². The Morgan fingerprint density at radius 2 is 1.90 bits per heavy atom. The molecule has 0 bridgehead atoms. The van der Waals surface area contributed by atoms with Gasteiger partial charge in [-0.15, -0.1) is 0 Å². The smallest absolute Gasteiger partial charge is 0.358 e. The van der Waals surface area contributed by atoms with Gasteiger partial charge in [0, 0.05) is 25.2 Å². The topological polar surface area (TPSA) is 84.5 Å². The summed E-state index contributed by atoms with van der Waals surface area (Å²) in [4.78, 5) is 27.2. The van der Waals surface area contributed by atoms with Crippen molar-refractivity contribution in [2.45, 2.75) is 51.6 Å². The number of benzene rings is 1. The van der Waals surface area contributed by atoms with Crippen molar-refractivity contribution in [2.24, 2.45) is 0 Å². The largest absolute Gasteiger partial charge is 0.390 e. The first kappa shape index (κ1) is 19.6. The van der Waals surface area contributed by atoms with E-state index in [9.17, 15) is 14.9 Å². The molecular formula is C21H27N5O3. The summed E-state index contributed by atoms with van der Waals surface area (Å²) in [5.74, 6) is -0.304. The molecular weight excluding hydrogens is 370 g/mol. The third-order valence-electron chi connectivity index (χ3n) is 6.61. The quantitative estimate of drug-likeness (QED) is 0.584. The van der Waals surface area contributed by atoms with Gasteiger partial charge in [-0.3, -0.25) is 4.90 Å². The van der Waals surface area contributed by atoms with E-state index in [1.54, 1.807) is 4.90 Å². The van der Waals surface area contributed by atoms with Crippen molar-refractivity contribution in [3.63, 3.8) is 0 Å². The van der Waals surface area contributed by atoms with Crippen LogP contribution in [0.25, 0.3) is 0 Å². The van der Waals surface area contributed by atoms with E-state index >= 15 is 0 Å². The molecule has 2 saturated heterocycles. The first-order valence-corrected chi connectivity index (χ1v) is 10.2.